The van der Waals surface area contributed by atoms with E-state index < -0.39 is 18.1 Å². The number of esters is 1. The fraction of sp³-hybridized carbons (Fsp3) is 0.938. The second-order valence-electron chi connectivity index (χ2n) is 14.4. The van der Waals surface area contributed by atoms with Gasteiger partial charge in [-0.1, -0.05) is 48.0 Å². The molecule has 4 aliphatic carbocycles. The predicted octanol–water partition coefficient (Wildman–Crippen LogP) is 5.56. The predicted molar refractivity (Wildman–Crippen MR) is 151 cm³/mol. The molecule has 0 saturated heterocycles. The third kappa shape index (κ3) is 5.48. The zero-order chi connectivity index (χ0) is 28.7. The second kappa shape index (κ2) is 11.9. The lowest BCUT2D eigenvalue weighted by Gasteiger charge is -2.64. The number of carbonyl (C=O) groups excluding carboxylic acids is 2. The Balaban J connectivity index is 1.40. The van der Waals surface area contributed by atoms with Gasteiger partial charge in [0, 0.05) is 0 Å². The minimum absolute atomic E-state index is 0.0897. The van der Waals surface area contributed by atoms with E-state index in [0.29, 0.717) is 42.1 Å². The maximum absolute atomic E-state index is 12.4. The largest absolute Gasteiger partial charge is 0.467 e. The van der Waals surface area contributed by atoms with Gasteiger partial charge in [0.25, 0.3) is 0 Å². The van der Waals surface area contributed by atoms with Gasteiger partial charge < -0.3 is 25.0 Å². The molecule has 0 radical (unpaired) electrons. The van der Waals surface area contributed by atoms with Crippen molar-refractivity contribution < 1.29 is 29.3 Å². The van der Waals surface area contributed by atoms with Gasteiger partial charge in [-0.2, -0.15) is 0 Å². The van der Waals surface area contributed by atoms with Gasteiger partial charge in [-0.05, 0) is 110 Å². The molecule has 7 nitrogen and oxygen atoms in total. The molecule has 0 aromatic rings. The minimum Gasteiger partial charge on any atom is -0.467 e. The van der Waals surface area contributed by atoms with Crippen LogP contribution in [0.15, 0.2) is 0 Å². The topological polar surface area (TPSA) is 105 Å². The number of rotatable bonds is 8. The van der Waals surface area contributed by atoms with Crippen LogP contribution in [0.5, 0.6) is 0 Å². The normalized spacial score (nSPS) is 43.0. The van der Waals surface area contributed by atoms with Crippen LogP contribution in [-0.2, 0) is 14.3 Å². The summed E-state index contributed by atoms with van der Waals surface area (Å²) in [6.45, 7) is 13.5. The molecule has 0 spiro atoms. The number of aliphatic hydroxyl groups is 2. The van der Waals surface area contributed by atoms with E-state index in [9.17, 15) is 19.8 Å². The van der Waals surface area contributed by atoms with Crippen LogP contribution < -0.4 is 5.32 Å². The Kier molecular flexibility index (Phi) is 9.32. The fourth-order valence-electron chi connectivity index (χ4n) is 10.3. The molecule has 0 aromatic carbocycles. The molecular formula is C32H55NO6. The number of carbonyl (C=O) groups is 2. The Morgan fingerprint density at radius 3 is 2.28 bits per heavy atom. The molecule has 0 aliphatic heterocycles. The molecule has 0 aromatic heterocycles. The lowest BCUT2D eigenvalue weighted by Crippen LogP contribution is -2.62. The first-order valence-electron chi connectivity index (χ1n) is 15.8. The quantitative estimate of drug-likeness (QED) is 0.342. The van der Waals surface area contributed by atoms with Gasteiger partial charge in [-0.3, -0.25) is 0 Å². The van der Waals surface area contributed by atoms with E-state index >= 15 is 0 Å². The Bertz CT molecular complexity index is 879. The minimum atomic E-state index is -0.715. The molecule has 3 N–H and O–H groups in total. The van der Waals surface area contributed by atoms with Gasteiger partial charge in [-0.15, -0.1) is 0 Å². The van der Waals surface area contributed by atoms with E-state index in [1.807, 2.05) is 13.8 Å². The SMILES string of the molecule is CC[C@@H]1C2C[C@H](O)CCC2(C)[C@H]2CCC3(C)[C@@H]([C@H](C)CCOC(=O)N[C@H](C(=O)OC)C(C)C)CC[C@H]3C2[C@@H]1O. The molecule has 0 bridgehead atoms. The highest BCUT2D eigenvalue weighted by Crippen LogP contribution is 2.69. The van der Waals surface area contributed by atoms with E-state index in [2.05, 4.69) is 33.0 Å². The molecule has 12 atom stereocenters. The second-order valence-corrected chi connectivity index (χ2v) is 14.4. The number of hydrogen-bond acceptors (Lipinski definition) is 6. The Labute approximate surface area is 236 Å². The number of alkyl carbamates (subject to hydrolysis) is 1. The van der Waals surface area contributed by atoms with Crippen LogP contribution in [0.25, 0.3) is 0 Å². The molecule has 1 amide bonds. The van der Waals surface area contributed by atoms with Gasteiger partial charge in [0.1, 0.15) is 6.04 Å². The first kappa shape index (κ1) is 30.6. The molecule has 224 valence electrons. The lowest BCUT2D eigenvalue weighted by molar-refractivity contribution is -0.203. The molecule has 4 aliphatic rings. The molecule has 4 saturated carbocycles. The number of amides is 1. The van der Waals surface area contributed by atoms with E-state index in [1.54, 1.807) is 0 Å². The van der Waals surface area contributed by atoms with Crippen molar-refractivity contribution in [3.63, 3.8) is 0 Å². The van der Waals surface area contributed by atoms with Crippen molar-refractivity contribution in [1.29, 1.82) is 0 Å². The highest BCUT2D eigenvalue weighted by molar-refractivity contribution is 5.81. The van der Waals surface area contributed by atoms with Crippen molar-refractivity contribution in [1.82, 2.24) is 5.32 Å². The Morgan fingerprint density at radius 2 is 1.64 bits per heavy atom. The summed E-state index contributed by atoms with van der Waals surface area (Å²) < 4.78 is 10.3. The third-order valence-electron chi connectivity index (χ3n) is 12.4. The summed E-state index contributed by atoms with van der Waals surface area (Å²) in [6.07, 6.45) is 8.22. The smallest absolute Gasteiger partial charge is 0.407 e. The van der Waals surface area contributed by atoms with E-state index in [1.165, 1.54) is 26.4 Å². The van der Waals surface area contributed by atoms with Gasteiger partial charge in [0.2, 0.25) is 0 Å². The summed E-state index contributed by atoms with van der Waals surface area (Å²) in [5.74, 6) is 2.49. The van der Waals surface area contributed by atoms with E-state index in [0.717, 1.165) is 38.5 Å². The van der Waals surface area contributed by atoms with Crippen molar-refractivity contribution in [3.05, 3.63) is 0 Å². The maximum Gasteiger partial charge on any atom is 0.407 e. The number of ether oxygens (including phenoxy) is 2. The average molecular weight is 550 g/mol. The molecule has 4 rings (SSSR count). The maximum atomic E-state index is 12.4. The first-order valence-corrected chi connectivity index (χ1v) is 15.8. The molecule has 4 fully saturated rings. The zero-order valence-corrected chi connectivity index (χ0v) is 25.4. The summed E-state index contributed by atoms with van der Waals surface area (Å²) in [5.41, 5.74) is 0.404. The van der Waals surface area contributed by atoms with Crippen LogP contribution >= 0.6 is 0 Å². The Hall–Kier alpha value is -1.34. The average Bonchev–Trinajstić information content (AvgIpc) is 3.25. The molecule has 7 heteroatoms. The van der Waals surface area contributed by atoms with Crippen molar-refractivity contribution in [2.24, 2.45) is 58.2 Å². The molecule has 0 heterocycles. The lowest BCUT2D eigenvalue weighted by atomic mass is 9.41. The summed E-state index contributed by atoms with van der Waals surface area (Å²) in [5, 5.41) is 25.1. The first-order chi connectivity index (χ1) is 18.4. The summed E-state index contributed by atoms with van der Waals surface area (Å²) in [7, 11) is 1.32. The van der Waals surface area contributed by atoms with Crippen molar-refractivity contribution >= 4 is 12.1 Å². The standard InChI is InChI=1S/C32H55NO6/c1-8-21-25-17-20(34)11-14-32(25,6)24-12-15-31(5)22(9-10-23(31)26(24)28(21)35)19(4)13-16-39-30(37)33-27(18(2)3)29(36)38-7/h18-28,34-35H,8-17H2,1-7H3,(H,33,37)/t19-,20-,21-,22-,23+,24+,25?,26?,27+,28-,31?,32?/m1/s1. The third-order valence-corrected chi connectivity index (χ3v) is 12.4. The van der Waals surface area contributed by atoms with Gasteiger partial charge in [0.05, 0.1) is 25.9 Å². The summed E-state index contributed by atoms with van der Waals surface area (Å²) in [4.78, 5) is 24.4. The van der Waals surface area contributed by atoms with Crippen LogP contribution in [0, 0.1) is 58.2 Å². The molecule has 4 unspecified atom stereocenters. The van der Waals surface area contributed by atoms with E-state index in [-0.39, 0.29) is 34.9 Å². The Morgan fingerprint density at radius 1 is 0.974 bits per heavy atom. The number of hydrogen-bond donors (Lipinski definition) is 3. The van der Waals surface area contributed by atoms with Gasteiger partial charge in [0.15, 0.2) is 0 Å². The van der Waals surface area contributed by atoms with Crippen LogP contribution in [0.2, 0.25) is 0 Å². The van der Waals surface area contributed by atoms with Crippen LogP contribution in [0.1, 0.15) is 99.3 Å². The van der Waals surface area contributed by atoms with Crippen LogP contribution in [0.3, 0.4) is 0 Å². The number of fused-ring (bicyclic) bond motifs is 5. The van der Waals surface area contributed by atoms with Crippen molar-refractivity contribution in [3.8, 4) is 0 Å². The van der Waals surface area contributed by atoms with Gasteiger partial charge in [-0.25, -0.2) is 9.59 Å². The number of nitrogens with one attached hydrogen (secondary N) is 1. The number of methoxy groups -OCH3 is 1. The van der Waals surface area contributed by atoms with Crippen molar-refractivity contribution in [2.45, 2.75) is 118 Å². The highest BCUT2D eigenvalue weighted by atomic mass is 16.6. The highest BCUT2D eigenvalue weighted by Gasteiger charge is 2.64. The molecule has 39 heavy (non-hydrogen) atoms. The molecular weight excluding hydrogens is 494 g/mol. The van der Waals surface area contributed by atoms with E-state index in [4.69, 9.17) is 9.47 Å². The summed E-state index contributed by atoms with van der Waals surface area (Å²) >= 11 is 0. The number of aliphatic hydroxyl groups excluding tert-OH is 2. The van der Waals surface area contributed by atoms with Crippen molar-refractivity contribution in [2.75, 3.05) is 13.7 Å². The summed E-state index contributed by atoms with van der Waals surface area (Å²) in [6, 6.07) is -0.715. The fourth-order valence-corrected chi connectivity index (χ4v) is 10.3. The van der Waals surface area contributed by atoms with Gasteiger partial charge >= 0.3 is 12.1 Å². The monoisotopic (exact) mass is 549 g/mol. The van der Waals surface area contributed by atoms with Crippen LogP contribution in [0.4, 0.5) is 4.79 Å². The van der Waals surface area contributed by atoms with Crippen LogP contribution in [-0.4, -0.2) is 54.2 Å². The zero-order valence-electron chi connectivity index (χ0n) is 25.4.